The molecular weight excluding hydrogens is 266 g/mol. The molecule has 0 unspecified atom stereocenters. The highest BCUT2D eigenvalue weighted by Gasteiger charge is 2.27. The van der Waals surface area contributed by atoms with Gasteiger partial charge in [-0.1, -0.05) is 11.6 Å². The van der Waals surface area contributed by atoms with Gasteiger partial charge in [0.25, 0.3) is 5.96 Å². The molecule has 0 spiro atoms. The maximum absolute atomic E-state index is 10.4. The summed E-state index contributed by atoms with van der Waals surface area (Å²) >= 11 is 7.10. The Morgan fingerprint density at radius 2 is 2.47 bits per heavy atom. The molecule has 1 saturated heterocycles. The Balaban J connectivity index is 2.12. The molecule has 9 heteroatoms. The van der Waals surface area contributed by atoms with Gasteiger partial charge in [-0.25, -0.2) is 15.1 Å². The van der Waals surface area contributed by atoms with E-state index in [0.29, 0.717) is 23.5 Å². The fourth-order valence-corrected chi connectivity index (χ4v) is 2.61. The number of nitro groups is 1. The van der Waals surface area contributed by atoms with Gasteiger partial charge < -0.3 is 9.80 Å². The number of nitrogens with zero attached hydrogens (tertiary/aromatic N) is 5. The average Bonchev–Trinajstić information content (AvgIpc) is 2.78. The highest BCUT2D eigenvalue weighted by molar-refractivity contribution is 7.15. The van der Waals surface area contributed by atoms with Gasteiger partial charge in [0.1, 0.15) is 5.10 Å². The molecule has 0 radical (unpaired) electrons. The molecule has 7 nitrogen and oxygen atoms in total. The molecule has 92 valence electrons. The second-order valence-electron chi connectivity index (χ2n) is 3.56. The molecule has 0 amide bonds. The quantitative estimate of drug-likeness (QED) is 0.610. The number of rotatable bonds is 3. The van der Waals surface area contributed by atoms with E-state index in [-0.39, 0.29) is 0 Å². The lowest BCUT2D eigenvalue weighted by atomic mass is 10.5. The summed E-state index contributed by atoms with van der Waals surface area (Å²) in [6.45, 7) is 1.97. The van der Waals surface area contributed by atoms with Crippen molar-refractivity contribution in [2.75, 3.05) is 20.1 Å². The van der Waals surface area contributed by atoms with Crippen LogP contribution in [-0.2, 0) is 6.54 Å². The van der Waals surface area contributed by atoms with Crippen molar-refractivity contribution in [3.63, 3.8) is 0 Å². The number of hydrogen-bond acceptors (Lipinski definition) is 4. The van der Waals surface area contributed by atoms with Crippen molar-refractivity contribution in [1.82, 2.24) is 14.8 Å². The largest absolute Gasteiger partial charge is 0.339 e. The van der Waals surface area contributed by atoms with Gasteiger partial charge in [-0.05, 0) is 0 Å². The van der Waals surface area contributed by atoms with Crippen LogP contribution in [0.1, 0.15) is 4.88 Å². The normalized spacial score (nSPS) is 18.1. The first-order valence-electron chi connectivity index (χ1n) is 4.85. The molecule has 0 bridgehead atoms. The van der Waals surface area contributed by atoms with E-state index in [9.17, 15) is 10.1 Å². The van der Waals surface area contributed by atoms with Gasteiger partial charge in [0.2, 0.25) is 0 Å². The Kier molecular flexibility index (Phi) is 3.43. The molecule has 0 aromatic carbocycles. The van der Waals surface area contributed by atoms with E-state index in [0.717, 1.165) is 11.4 Å². The van der Waals surface area contributed by atoms with Crippen LogP contribution in [0, 0.1) is 10.1 Å². The van der Waals surface area contributed by atoms with E-state index in [1.54, 1.807) is 18.1 Å². The van der Waals surface area contributed by atoms with Crippen LogP contribution in [0.15, 0.2) is 11.3 Å². The zero-order chi connectivity index (χ0) is 12.4. The van der Waals surface area contributed by atoms with E-state index in [2.05, 4.69) is 10.1 Å². The minimum absolute atomic E-state index is 0.375. The van der Waals surface area contributed by atoms with E-state index < -0.39 is 5.03 Å². The van der Waals surface area contributed by atoms with Crippen LogP contribution >= 0.6 is 22.9 Å². The van der Waals surface area contributed by atoms with E-state index in [1.165, 1.54) is 11.3 Å². The van der Waals surface area contributed by atoms with E-state index in [1.807, 2.05) is 4.90 Å². The van der Waals surface area contributed by atoms with Crippen LogP contribution in [-0.4, -0.2) is 45.9 Å². The van der Waals surface area contributed by atoms with Crippen molar-refractivity contribution in [1.29, 1.82) is 0 Å². The van der Waals surface area contributed by atoms with E-state index >= 15 is 0 Å². The molecule has 1 fully saturated rings. The SMILES string of the molecule is CN1CCN(Cc2cnc(Cl)s2)/C1=N\[N+](=O)[O-]. The van der Waals surface area contributed by atoms with Gasteiger partial charge in [0.05, 0.1) is 6.54 Å². The predicted octanol–water partition coefficient (Wildman–Crippen LogP) is 1.09. The summed E-state index contributed by atoms with van der Waals surface area (Å²) in [5.74, 6) is 0.375. The number of guanidine groups is 1. The second kappa shape index (κ2) is 4.84. The van der Waals surface area contributed by atoms with Gasteiger partial charge in [0.15, 0.2) is 9.50 Å². The van der Waals surface area contributed by atoms with Crippen molar-refractivity contribution in [3.05, 3.63) is 25.7 Å². The van der Waals surface area contributed by atoms with Crippen molar-refractivity contribution < 1.29 is 5.03 Å². The molecule has 1 aliphatic heterocycles. The van der Waals surface area contributed by atoms with Gasteiger partial charge >= 0.3 is 0 Å². The third-order valence-electron chi connectivity index (χ3n) is 2.37. The summed E-state index contributed by atoms with van der Waals surface area (Å²) in [4.78, 5) is 18.9. The summed E-state index contributed by atoms with van der Waals surface area (Å²) in [7, 11) is 1.78. The molecule has 0 atom stereocenters. The number of aromatic nitrogens is 1. The average molecular weight is 276 g/mol. The predicted molar refractivity (Wildman–Crippen MR) is 64.6 cm³/mol. The smallest absolute Gasteiger partial charge is 0.274 e. The Morgan fingerprint density at radius 3 is 3.06 bits per heavy atom. The Labute approximate surface area is 106 Å². The first-order valence-corrected chi connectivity index (χ1v) is 6.05. The zero-order valence-corrected chi connectivity index (χ0v) is 10.6. The lowest BCUT2D eigenvalue weighted by Gasteiger charge is -2.16. The molecule has 0 aliphatic carbocycles. The zero-order valence-electron chi connectivity index (χ0n) is 9.04. The van der Waals surface area contributed by atoms with Crippen molar-refractivity contribution >= 4 is 28.9 Å². The molecule has 1 aromatic heterocycles. The van der Waals surface area contributed by atoms with Crippen LogP contribution in [0.4, 0.5) is 0 Å². The highest BCUT2D eigenvalue weighted by atomic mass is 35.5. The van der Waals surface area contributed by atoms with Crippen molar-refractivity contribution in [2.45, 2.75) is 6.54 Å². The minimum atomic E-state index is -0.677. The Morgan fingerprint density at radius 1 is 1.71 bits per heavy atom. The summed E-state index contributed by atoms with van der Waals surface area (Å²) in [6, 6.07) is 0. The fourth-order valence-electron chi connectivity index (χ4n) is 1.62. The lowest BCUT2D eigenvalue weighted by molar-refractivity contribution is -0.486. The van der Waals surface area contributed by atoms with Gasteiger partial charge in [-0.15, -0.1) is 11.3 Å². The number of thiazole rings is 1. The van der Waals surface area contributed by atoms with Crippen LogP contribution in [0.5, 0.6) is 0 Å². The number of halogens is 1. The first-order chi connectivity index (χ1) is 8.06. The number of hydrazone groups is 1. The van der Waals surface area contributed by atoms with Gasteiger partial charge in [-0.3, -0.25) is 0 Å². The van der Waals surface area contributed by atoms with Crippen LogP contribution in [0.2, 0.25) is 4.47 Å². The standard InChI is InChI=1S/C8H10ClN5O2S/c1-12-2-3-13(8(12)11-14(15)16)5-6-4-10-7(9)17-6/h4H,2-3,5H2,1H3/b11-8-. The van der Waals surface area contributed by atoms with Crippen LogP contribution in [0.3, 0.4) is 0 Å². The lowest BCUT2D eigenvalue weighted by Crippen LogP contribution is -2.31. The Bertz CT molecular complexity index is 463. The molecule has 2 heterocycles. The topological polar surface area (TPSA) is 74.9 Å². The van der Waals surface area contributed by atoms with Crippen molar-refractivity contribution in [3.8, 4) is 0 Å². The third-order valence-corrected chi connectivity index (χ3v) is 3.47. The molecule has 0 saturated carbocycles. The van der Waals surface area contributed by atoms with Gasteiger partial charge in [0, 0.05) is 31.2 Å². The molecule has 1 aliphatic rings. The number of hydrogen-bond donors (Lipinski definition) is 0. The molecular formula is C8H10ClN5O2S. The monoisotopic (exact) mass is 275 g/mol. The van der Waals surface area contributed by atoms with Crippen LogP contribution < -0.4 is 0 Å². The fraction of sp³-hybridized carbons (Fsp3) is 0.500. The minimum Gasteiger partial charge on any atom is -0.339 e. The first kappa shape index (κ1) is 12.1. The summed E-state index contributed by atoms with van der Waals surface area (Å²) < 4.78 is 0.473. The summed E-state index contributed by atoms with van der Waals surface area (Å²) in [5, 5.41) is 13.1. The molecule has 2 rings (SSSR count). The molecule has 17 heavy (non-hydrogen) atoms. The highest BCUT2D eigenvalue weighted by Crippen LogP contribution is 2.21. The summed E-state index contributed by atoms with van der Waals surface area (Å²) in [6.07, 6.45) is 1.68. The molecule has 1 aromatic rings. The molecule has 0 N–H and O–H groups in total. The number of likely N-dealkylation sites (N-methyl/N-ethyl adjacent to an activating group) is 1. The second-order valence-corrected chi connectivity index (χ2v) is 5.26. The Hall–Kier alpha value is -1.41. The van der Waals surface area contributed by atoms with Crippen molar-refractivity contribution in [2.24, 2.45) is 5.10 Å². The maximum atomic E-state index is 10.4. The van der Waals surface area contributed by atoms with E-state index in [4.69, 9.17) is 11.6 Å². The maximum Gasteiger partial charge on any atom is 0.274 e. The summed E-state index contributed by atoms with van der Waals surface area (Å²) in [5.41, 5.74) is 0. The third kappa shape index (κ3) is 2.83. The van der Waals surface area contributed by atoms with Gasteiger partial charge in [-0.2, -0.15) is 0 Å². The van der Waals surface area contributed by atoms with Crippen LogP contribution in [0.25, 0.3) is 0 Å².